The molecule has 1 rings (SSSR count). The van der Waals surface area contributed by atoms with Crippen LogP contribution in [0.25, 0.3) is 0 Å². The second-order valence-electron chi connectivity index (χ2n) is 5.34. The third-order valence-electron chi connectivity index (χ3n) is 3.02. The van der Waals surface area contributed by atoms with E-state index in [1.165, 1.54) is 5.56 Å². The molecule has 0 saturated carbocycles. The summed E-state index contributed by atoms with van der Waals surface area (Å²) in [5.74, 6) is 0.912. The molecule has 0 aliphatic heterocycles. The number of hydrogen-bond acceptors (Lipinski definition) is 3. The molecule has 4 nitrogen and oxygen atoms in total. The monoisotopic (exact) mass is 300 g/mol. The Hall–Kier alpha value is -1.26. The average molecular weight is 301 g/mol. The van der Waals surface area contributed by atoms with Crippen LogP contribution in [-0.2, 0) is 11.2 Å². The fourth-order valence-electron chi connectivity index (χ4n) is 1.74. The maximum Gasteiger partial charge on any atom is 0.220 e. The molecule has 114 valence electrons. The Kier molecular flexibility index (Phi) is 8.26. The largest absolute Gasteiger partial charge is 0.497 e. The molecule has 5 heteroatoms. The SMILES string of the molecule is COc1ccc(CCCC(=O)NC(C)(C)CN)cc1.Cl. The minimum absolute atomic E-state index is 0. The van der Waals surface area contributed by atoms with Crippen molar-refractivity contribution in [1.82, 2.24) is 5.32 Å². The molecule has 1 amide bonds. The van der Waals surface area contributed by atoms with Crippen LogP contribution in [0.2, 0.25) is 0 Å². The van der Waals surface area contributed by atoms with Crippen molar-refractivity contribution < 1.29 is 9.53 Å². The van der Waals surface area contributed by atoms with Crippen LogP contribution < -0.4 is 15.8 Å². The minimum Gasteiger partial charge on any atom is -0.497 e. The molecule has 0 bridgehead atoms. The highest BCUT2D eigenvalue weighted by atomic mass is 35.5. The van der Waals surface area contributed by atoms with Crippen LogP contribution in [0.4, 0.5) is 0 Å². The quantitative estimate of drug-likeness (QED) is 0.812. The smallest absolute Gasteiger partial charge is 0.220 e. The van der Waals surface area contributed by atoms with Crippen molar-refractivity contribution in [3.63, 3.8) is 0 Å². The van der Waals surface area contributed by atoms with Gasteiger partial charge in [-0.15, -0.1) is 12.4 Å². The first-order chi connectivity index (χ1) is 8.96. The standard InChI is InChI=1S/C15H24N2O2.ClH/c1-15(2,11-16)17-14(18)6-4-5-12-7-9-13(19-3)10-8-12;/h7-10H,4-6,11,16H2,1-3H3,(H,17,18);1H. The lowest BCUT2D eigenvalue weighted by Gasteiger charge is -2.24. The number of amides is 1. The highest BCUT2D eigenvalue weighted by Gasteiger charge is 2.17. The first-order valence-corrected chi connectivity index (χ1v) is 6.61. The number of hydrogen-bond donors (Lipinski definition) is 2. The molecular weight excluding hydrogens is 276 g/mol. The summed E-state index contributed by atoms with van der Waals surface area (Å²) in [6.45, 7) is 4.29. The molecule has 0 atom stereocenters. The second kappa shape index (κ2) is 8.82. The van der Waals surface area contributed by atoms with Crippen LogP contribution in [0.5, 0.6) is 5.75 Å². The summed E-state index contributed by atoms with van der Waals surface area (Å²) >= 11 is 0. The van der Waals surface area contributed by atoms with E-state index < -0.39 is 0 Å². The van der Waals surface area contributed by atoms with Crippen molar-refractivity contribution in [2.45, 2.75) is 38.6 Å². The number of ether oxygens (including phenoxy) is 1. The number of nitrogens with one attached hydrogen (secondary N) is 1. The topological polar surface area (TPSA) is 64.3 Å². The van der Waals surface area contributed by atoms with Crippen molar-refractivity contribution >= 4 is 18.3 Å². The molecule has 0 aliphatic carbocycles. The molecule has 1 aromatic rings. The molecule has 0 fully saturated rings. The van der Waals surface area contributed by atoms with E-state index in [4.69, 9.17) is 10.5 Å². The summed E-state index contributed by atoms with van der Waals surface area (Å²) in [7, 11) is 1.65. The van der Waals surface area contributed by atoms with Gasteiger partial charge in [-0.1, -0.05) is 12.1 Å². The second-order valence-corrected chi connectivity index (χ2v) is 5.34. The summed E-state index contributed by atoms with van der Waals surface area (Å²) in [4.78, 5) is 11.7. The Labute approximate surface area is 127 Å². The number of carbonyl (C=O) groups excluding carboxylic acids is 1. The molecule has 0 unspecified atom stereocenters. The minimum atomic E-state index is -0.322. The maximum absolute atomic E-state index is 11.7. The Morgan fingerprint density at radius 2 is 1.90 bits per heavy atom. The van der Waals surface area contributed by atoms with Crippen LogP contribution in [0.1, 0.15) is 32.3 Å². The number of nitrogens with two attached hydrogens (primary N) is 1. The molecule has 1 aromatic carbocycles. The first kappa shape index (κ1) is 18.7. The normalized spacial score (nSPS) is 10.6. The van der Waals surface area contributed by atoms with E-state index in [1.54, 1.807) is 7.11 Å². The van der Waals surface area contributed by atoms with Crippen molar-refractivity contribution in [1.29, 1.82) is 0 Å². The van der Waals surface area contributed by atoms with Crippen molar-refractivity contribution in [3.8, 4) is 5.75 Å². The van der Waals surface area contributed by atoms with Crippen LogP contribution in [0.3, 0.4) is 0 Å². The van der Waals surface area contributed by atoms with Gasteiger partial charge < -0.3 is 15.8 Å². The van der Waals surface area contributed by atoms with Gasteiger partial charge in [-0.2, -0.15) is 0 Å². The number of carbonyl (C=O) groups is 1. The van der Waals surface area contributed by atoms with Crippen molar-refractivity contribution in [2.24, 2.45) is 5.73 Å². The summed E-state index contributed by atoms with van der Waals surface area (Å²) in [6.07, 6.45) is 2.24. The van der Waals surface area contributed by atoms with E-state index >= 15 is 0 Å². The molecule has 0 spiro atoms. The van der Waals surface area contributed by atoms with E-state index in [-0.39, 0.29) is 23.9 Å². The molecule has 0 saturated heterocycles. The van der Waals surface area contributed by atoms with Gasteiger partial charge >= 0.3 is 0 Å². The zero-order chi connectivity index (χ0) is 14.3. The van der Waals surface area contributed by atoms with Gasteiger partial charge in [-0.3, -0.25) is 4.79 Å². The zero-order valence-electron chi connectivity index (χ0n) is 12.4. The van der Waals surface area contributed by atoms with Gasteiger partial charge in [0.15, 0.2) is 0 Å². The number of halogens is 1. The molecular formula is C15H25ClN2O2. The van der Waals surface area contributed by atoms with Crippen LogP contribution in [-0.4, -0.2) is 25.1 Å². The van der Waals surface area contributed by atoms with Crippen LogP contribution in [0, 0.1) is 0 Å². The molecule has 0 radical (unpaired) electrons. The van der Waals surface area contributed by atoms with E-state index in [0.29, 0.717) is 13.0 Å². The maximum atomic E-state index is 11.7. The number of benzene rings is 1. The Bertz CT molecular complexity index is 405. The van der Waals surface area contributed by atoms with E-state index in [0.717, 1.165) is 18.6 Å². The van der Waals surface area contributed by atoms with E-state index in [9.17, 15) is 4.79 Å². The summed E-state index contributed by atoms with van der Waals surface area (Å²) in [5.41, 5.74) is 6.47. The predicted molar refractivity (Wildman–Crippen MR) is 84.5 cm³/mol. The highest BCUT2D eigenvalue weighted by molar-refractivity contribution is 5.85. The molecule has 20 heavy (non-hydrogen) atoms. The summed E-state index contributed by atoms with van der Waals surface area (Å²) < 4.78 is 5.10. The molecule has 3 N–H and O–H groups in total. The highest BCUT2D eigenvalue weighted by Crippen LogP contribution is 2.13. The van der Waals surface area contributed by atoms with Gasteiger partial charge in [0, 0.05) is 18.5 Å². The fraction of sp³-hybridized carbons (Fsp3) is 0.533. The van der Waals surface area contributed by atoms with Gasteiger partial charge in [0.05, 0.1) is 7.11 Å². The predicted octanol–water partition coefficient (Wildman–Crippen LogP) is 2.29. The zero-order valence-corrected chi connectivity index (χ0v) is 13.3. The van der Waals surface area contributed by atoms with Gasteiger partial charge in [0.25, 0.3) is 0 Å². The number of aryl methyl sites for hydroxylation is 1. The van der Waals surface area contributed by atoms with Crippen LogP contribution in [0.15, 0.2) is 24.3 Å². The lowest BCUT2D eigenvalue weighted by atomic mass is 10.0. The molecule has 0 aliphatic rings. The van der Waals surface area contributed by atoms with Crippen molar-refractivity contribution in [2.75, 3.05) is 13.7 Å². The number of rotatable bonds is 7. The van der Waals surface area contributed by atoms with E-state index in [1.807, 2.05) is 38.1 Å². The summed E-state index contributed by atoms with van der Waals surface area (Å²) in [5, 5.41) is 2.93. The summed E-state index contributed by atoms with van der Waals surface area (Å²) in [6, 6.07) is 7.93. The molecule has 0 heterocycles. The molecule has 0 aromatic heterocycles. The third-order valence-corrected chi connectivity index (χ3v) is 3.02. The third kappa shape index (κ3) is 6.78. The Balaban J connectivity index is 0.00000361. The van der Waals surface area contributed by atoms with Gasteiger partial charge in [0.1, 0.15) is 5.75 Å². The first-order valence-electron chi connectivity index (χ1n) is 6.61. The Morgan fingerprint density at radius 3 is 2.40 bits per heavy atom. The lowest BCUT2D eigenvalue weighted by Crippen LogP contribution is -2.48. The van der Waals surface area contributed by atoms with Gasteiger partial charge in [-0.25, -0.2) is 0 Å². The van der Waals surface area contributed by atoms with Gasteiger partial charge in [-0.05, 0) is 44.4 Å². The number of methoxy groups -OCH3 is 1. The van der Waals surface area contributed by atoms with Crippen molar-refractivity contribution in [3.05, 3.63) is 29.8 Å². The fourth-order valence-corrected chi connectivity index (χ4v) is 1.74. The lowest BCUT2D eigenvalue weighted by molar-refractivity contribution is -0.122. The average Bonchev–Trinajstić information content (AvgIpc) is 2.39. The Morgan fingerprint density at radius 1 is 1.30 bits per heavy atom. The van der Waals surface area contributed by atoms with Gasteiger partial charge in [0.2, 0.25) is 5.91 Å². The van der Waals surface area contributed by atoms with Crippen LogP contribution >= 0.6 is 12.4 Å². The van der Waals surface area contributed by atoms with E-state index in [2.05, 4.69) is 5.32 Å².